The Morgan fingerprint density at radius 3 is 2.67 bits per heavy atom. The minimum absolute atomic E-state index is 0.0912. The predicted molar refractivity (Wildman–Crippen MR) is 104 cm³/mol. The molecule has 0 fully saturated rings. The highest BCUT2D eigenvalue weighted by Gasteiger charge is 2.62. The molecule has 1 aliphatic heterocycles. The summed E-state index contributed by atoms with van der Waals surface area (Å²) in [5.74, 6) is 0. The van der Waals surface area contributed by atoms with Crippen LogP contribution in [0.3, 0.4) is 0 Å². The van der Waals surface area contributed by atoms with Crippen LogP contribution < -0.4 is 0 Å². The Labute approximate surface area is 174 Å². The summed E-state index contributed by atoms with van der Waals surface area (Å²) < 4.78 is 43.9. The standard InChI is InChI=1S/C21H14ClF3N4O/c1-13-7-16(10-17(22)8-13)20(21(23,24)25)11-18(28-30-20)14-3-4-19(15(9-14)12-26)29-6-2-5-27-29/h2-10H,11H2,1H3. The SMILES string of the molecule is Cc1cc(Cl)cc(C2(C(F)(F)F)CC(c3ccc(-n4cccn4)c(C#N)c3)=NO2)c1. The van der Waals surface area contributed by atoms with Crippen molar-refractivity contribution in [2.24, 2.45) is 5.16 Å². The molecule has 0 bridgehead atoms. The van der Waals surface area contributed by atoms with E-state index in [4.69, 9.17) is 16.4 Å². The zero-order valence-electron chi connectivity index (χ0n) is 15.6. The van der Waals surface area contributed by atoms with Gasteiger partial charge in [0.1, 0.15) is 6.07 Å². The van der Waals surface area contributed by atoms with Crippen LogP contribution in [0, 0.1) is 18.3 Å². The van der Waals surface area contributed by atoms with E-state index in [0.29, 0.717) is 16.8 Å². The first kappa shape index (κ1) is 20.0. The van der Waals surface area contributed by atoms with Gasteiger partial charge in [0.15, 0.2) is 0 Å². The van der Waals surface area contributed by atoms with Gasteiger partial charge in [0, 0.05) is 35.0 Å². The number of benzene rings is 2. The van der Waals surface area contributed by atoms with Crippen LogP contribution in [0.5, 0.6) is 0 Å². The highest BCUT2D eigenvalue weighted by atomic mass is 35.5. The van der Waals surface area contributed by atoms with E-state index in [-0.39, 0.29) is 21.9 Å². The van der Waals surface area contributed by atoms with Crippen LogP contribution >= 0.6 is 11.6 Å². The number of hydrogen-bond donors (Lipinski definition) is 0. The van der Waals surface area contributed by atoms with E-state index in [1.807, 2.05) is 6.07 Å². The molecule has 152 valence electrons. The highest BCUT2D eigenvalue weighted by molar-refractivity contribution is 6.30. The molecule has 2 heterocycles. The van der Waals surface area contributed by atoms with Crippen molar-refractivity contribution in [2.75, 3.05) is 0 Å². The molecule has 1 atom stereocenters. The highest BCUT2D eigenvalue weighted by Crippen LogP contribution is 2.49. The quantitative estimate of drug-likeness (QED) is 0.567. The van der Waals surface area contributed by atoms with Gasteiger partial charge in [-0.05, 0) is 42.8 Å². The summed E-state index contributed by atoms with van der Waals surface area (Å²) in [7, 11) is 0. The largest absolute Gasteiger partial charge is 0.435 e. The summed E-state index contributed by atoms with van der Waals surface area (Å²) in [6.07, 6.45) is -2.04. The van der Waals surface area contributed by atoms with Gasteiger partial charge in [-0.25, -0.2) is 4.68 Å². The number of nitriles is 1. The van der Waals surface area contributed by atoms with Crippen molar-refractivity contribution in [2.45, 2.75) is 25.1 Å². The molecular formula is C21H14ClF3N4O. The maximum atomic E-state index is 14.1. The van der Waals surface area contributed by atoms with Crippen molar-refractivity contribution in [1.29, 1.82) is 5.26 Å². The second-order valence-electron chi connectivity index (χ2n) is 6.94. The monoisotopic (exact) mass is 430 g/mol. The molecule has 0 amide bonds. The van der Waals surface area contributed by atoms with E-state index < -0.39 is 18.2 Å². The Morgan fingerprint density at radius 2 is 2.03 bits per heavy atom. The summed E-state index contributed by atoms with van der Waals surface area (Å²) in [6.45, 7) is 1.66. The third-order valence-electron chi connectivity index (χ3n) is 4.90. The normalized spacial score (nSPS) is 18.6. The third kappa shape index (κ3) is 3.31. The van der Waals surface area contributed by atoms with E-state index in [9.17, 15) is 18.4 Å². The van der Waals surface area contributed by atoms with Crippen LogP contribution in [-0.2, 0) is 10.4 Å². The van der Waals surface area contributed by atoms with Gasteiger partial charge in [-0.3, -0.25) is 0 Å². The van der Waals surface area contributed by atoms with Gasteiger partial charge < -0.3 is 4.84 Å². The summed E-state index contributed by atoms with van der Waals surface area (Å²) >= 11 is 6.00. The average Bonchev–Trinajstić information content (AvgIpc) is 3.37. The Morgan fingerprint density at radius 1 is 1.23 bits per heavy atom. The first-order valence-electron chi connectivity index (χ1n) is 8.87. The fraction of sp³-hybridized carbons (Fsp3) is 0.190. The second kappa shape index (κ2) is 7.18. The molecule has 3 aromatic rings. The topological polar surface area (TPSA) is 63.2 Å². The van der Waals surface area contributed by atoms with E-state index >= 15 is 0 Å². The lowest BCUT2D eigenvalue weighted by atomic mass is 9.85. The Hall–Kier alpha value is -3.31. The zero-order valence-corrected chi connectivity index (χ0v) is 16.4. The lowest BCUT2D eigenvalue weighted by Crippen LogP contribution is -2.42. The molecule has 0 N–H and O–H groups in total. The Kier molecular flexibility index (Phi) is 4.79. The summed E-state index contributed by atoms with van der Waals surface area (Å²) in [5, 5.41) is 17.5. The minimum atomic E-state index is -4.73. The number of alkyl halides is 3. The maximum Gasteiger partial charge on any atom is 0.435 e. The van der Waals surface area contributed by atoms with Crippen LogP contribution in [0.15, 0.2) is 60.0 Å². The van der Waals surface area contributed by atoms with Crippen molar-refractivity contribution in [1.82, 2.24) is 9.78 Å². The first-order valence-corrected chi connectivity index (χ1v) is 9.25. The van der Waals surface area contributed by atoms with Gasteiger partial charge in [-0.15, -0.1) is 0 Å². The number of hydrogen-bond acceptors (Lipinski definition) is 4. The lowest BCUT2D eigenvalue weighted by Gasteiger charge is -2.29. The average molecular weight is 431 g/mol. The molecule has 2 aromatic carbocycles. The number of aryl methyl sites for hydroxylation is 1. The van der Waals surface area contributed by atoms with Crippen molar-refractivity contribution >= 4 is 17.3 Å². The molecule has 1 aliphatic rings. The fourth-order valence-corrected chi connectivity index (χ4v) is 3.73. The number of oxime groups is 1. The van der Waals surface area contributed by atoms with Crippen molar-refractivity contribution in [3.63, 3.8) is 0 Å². The van der Waals surface area contributed by atoms with Gasteiger partial charge >= 0.3 is 6.18 Å². The molecule has 0 aliphatic carbocycles. The van der Waals surface area contributed by atoms with Crippen LogP contribution in [0.4, 0.5) is 13.2 Å². The molecule has 0 saturated carbocycles. The number of halogens is 4. The van der Waals surface area contributed by atoms with E-state index in [1.54, 1.807) is 43.6 Å². The van der Waals surface area contributed by atoms with Gasteiger partial charge in [0.25, 0.3) is 5.60 Å². The number of rotatable bonds is 3. The van der Waals surface area contributed by atoms with E-state index in [1.165, 1.54) is 22.9 Å². The van der Waals surface area contributed by atoms with Crippen LogP contribution in [0.2, 0.25) is 5.02 Å². The Bertz CT molecular complexity index is 1160. The van der Waals surface area contributed by atoms with E-state index in [2.05, 4.69) is 10.3 Å². The van der Waals surface area contributed by atoms with Gasteiger partial charge in [-0.1, -0.05) is 28.9 Å². The lowest BCUT2D eigenvalue weighted by molar-refractivity contribution is -0.275. The van der Waals surface area contributed by atoms with Crippen molar-refractivity contribution in [3.8, 4) is 11.8 Å². The fourth-order valence-electron chi connectivity index (χ4n) is 3.44. The van der Waals surface area contributed by atoms with Crippen molar-refractivity contribution < 1.29 is 18.0 Å². The van der Waals surface area contributed by atoms with Crippen LogP contribution in [0.1, 0.15) is 28.7 Å². The Balaban J connectivity index is 1.74. The molecule has 0 radical (unpaired) electrons. The first-order chi connectivity index (χ1) is 14.2. The molecule has 30 heavy (non-hydrogen) atoms. The summed E-state index contributed by atoms with van der Waals surface area (Å²) in [5.41, 5.74) is -0.965. The van der Waals surface area contributed by atoms with Gasteiger partial charge in [0.2, 0.25) is 0 Å². The predicted octanol–water partition coefficient (Wildman–Crippen LogP) is 5.29. The molecular weight excluding hydrogens is 417 g/mol. The number of aromatic nitrogens is 2. The van der Waals surface area contributed by atoms with Crippen LogP contribution in [0.25, 0.3) is 5.69 Å². The third-order valence-corrected chi connectivity index (χ3v) is 5.11. The van der Waals surface area contributed by atoms with Gasteiger partial charge in [-0.2, -0.15) is 23.5 Å². The van der Waals surface area contributed by atoms with Crippen LogP contribution in [-0.4, -0.2) is 21.7 Å². The molecule has 0 spiro atoms. The molecule has 0 saturated heterocycles. The van der Waals surface area contributed by atoms with Gasteiger partial charge in [0.05, 0.1) is 17.0 Å². The smallest absolute Gasteiger partial charge is 0.374 e. The van der Waals surface area contributed by atoms with Crippen molar-refractivity contribution in [3.05, 3.63) is 82.1 Å². The second-order valence-corrected chi connectivity index (χ2v) is 7.38. The van der Waals surface area contributed by atoms with E-state index in [0.717, 1.165) is 0 Å². The minimum Gasteiger partial charge on any atom is -0.374 e. The molecule has 1 unspecified atom stereocenters. The summed E-state index contributed by atoms with van der Waals surface area (Å²) in [6, 6.07) is 12.6. The zero-order chi connectivity index (χ0) is 21.5. The molecule has 1 aromatic heterocycles. The molecule has 9 heteroatoms. The summed E-state index contributed by atoms with van der Waals surface area (Å²) in [4.78, 5) is 5.05. The molecule has 5 nitrogen and oxygen atoms in total. The molecule has 4 rings (SSSR count). The maximum absolute atomic E-state index is 14.1. The number of nitrogens with zero attached hydrogens (tertiary/aromatic N) is 4.